The molecule has 0 aromatic heterocycles. The molecular weight excluding hydrogens is 258 g/mol. The van der Waals surface area contributed by atoms with Gasteiger partial charge in [-0.15, -0.1) is 0 Å². The van der Waals surface area contributed by atoms with Crippen molar-refractivity contribution in [1.29, 1.82) is 0 Å². The van der Waals surface area contributed by atoms with Crippen LogP contribution in [0, 0.1) is 11.3 Å². The van der Waals surface area contributed by atoms with Crippen LogP contribution < -0.4 is 0 Å². The van der Waals surface area contributed by atoms with E-state index in [-0.39, 0.29) is 12.3 Å². The first kappa shape index (κ1) is 16.9. The van der Waals surface area contributed by atoms with Gasteiger partial charge in [0.05, 0.1) is 5.75 Å². The zero-order valence-corrected chi connectivity index (χ0v) is 12.2. The molecule has 1 N–H and O–H groups in total. The highest BCUT2D eigenvalue weighted by atomic mass is 32.2. The van der Waals surface area contributed by atoms with Gasteiger partial charge in [0.15, 0.2) is 0 Å². The van der Waals surface area contributed by atoms with Crippen molar-refractivity contribution in [2.45, 2.75) is 20.8 Å². The smallest absolute Gasteiger partial charge is 0.316 e. The number of sulfone groups is 1. The molecule has 7 heteroatoms. The number of rotatable bonds is 5. The first-order valence-corrected chi connectivity index (χ1v) is 7.58. The maximum absolute atomic E-state index is 12.0. The summed E-state index contributed by atoms with van der Waals surface area (Å²) in [4.78, 5) is 24.3. The molecule has 0 saturated heterocycles. The molecule has 0 radical (unpaired) electrons. The van der Waals surface area contributed by atoms with E-state index in [0.717, 1.165) is 11.2 Å². The Morgan fingerprint density at radius 2 is 1.72 bits per heavy atom. The molecule has 0 aliphatic rings. The fourth-order valence-corrected chi connectivity index (χ4v) is 2.09. The molecule has 0 aliphatic carbocycles. The Morgan fingerprint density at radius 1 is 1.28 bits per heavy atom. The minimum Gasteiger partial charge on any atom is -0.481 e. The summed E-state index contributed by atoms with van der Waals surface area (Å²) in [5, 5.41) is 9.09. The molecule has 6 nitrogen and oxygen atoms in total. The Hall–Kier alpha value is -1.11. The summed E-state index contributed by atoms with van der Waals surface area (Å²) < 4.78 is 22.0. The maximum Gasteiger partial charge on any atom is 0.316 e. The van der Waals surface area contributed by atoms with Gasteiger partial charge in [-0.05, 0) is 5.41 Å². The summed E-state index contributed by atoms with van der Waals surface area (Å²) in [5.74, 6) is -3.12. The molecule has 0 rings (SSSR count). The van der Waals surface area contributed by atoms with Crippen molar-refractivity contribution in [3.63, 3.8) is 0 Å². The van der Waals surface area contributed by atoms with Crippen LogP contribution in [-0.2, 0) is 19.4 Å². The van der Waals surface area contributed by atoms with E-state index in [0.29, 0.717) is 0 Å². The van der Waals surface area contributed by atoms with Gasteiger partial charge in [-0.25, -0.2) is 8.42 Å². The highest BCUT2D eigenvalue weighted by molar-refractivity contribution is 7.90. The van der Waals surface area contributed by atoms with Crippen molar-refractivity contribution in [1.82, 2.24) is 4.90 Å². The van der Waals surface area contributed by atoms with E-state index in [1.165, 1.54) is 7.05 Å². The van der Waals surface area contributed by atoms with Crippen LogP contribution in [0.25, 0.3) is 0 Å². The van der Waals surface area contributed by atoms with E-state index < -0.39 is 33.0 Å². The van der Waals surface area contributed by atoms with Gasteiger partial charge >= 0.3 is 5.97 Å². The van der Waals surface area contributed by atoms with Gasteiger partial charge in [-0.2, -0.15) is 0 Å². The Balaban J connectivity index is 4.85. The molecule has 1 amide bonds. The third-order valence-corrected chi connectivity index (χ3v) is 3.46. The molecule has 0 spiro atoms. The summed E-state index contributed by atoms with van der Waals surface area (Å²) in [6.45, 7) is 4.98. The van der Waals surface area contributed by atoms with Crippen molar-refractivity contribution in [2.75, 3.05) is 25.6 Å². The number of hydrogen-bond acceptors (Lipinski definition) is 4. The summed E-state index contributed by atoms with van der Waals surface area (Å²) in [7, 11) is -1.76. The Labute approximate surface area is 108 Å². The molecule has 0 bridgehead atoms. The first-order valence-electron chi connectivity index (χ1n) is 5.52. The van der Waals surface area contributed by atoms with Gasteiger partial charge in [-0.3, -0.25) is 9.59 Å². The number of carbonyl (C=O) groups is 2. The van der Waals surface area contributed by atoms with Gasteiger partial charge in [0.25, 0.3) is 0 Å². The van der Waals surface area contributed by atoms with Crippen LogP contribution >= 0.6 is 0 Å². The molecule has 0 aliphatic heterocycles. The number of amides is 1. The van der Waals surface area contributed by atoms with Crippen molar-refractivity contribution in [3.8, 4) is 0 Å². The Morgan fingerprint density at radius 3 is 2.00 bits per heavy atom. The zero-order valence-electron chi connectivity index (χ0n) is 11.4. The second-order valence-electron chi connectivity index (χ2n) is 5.53. The van der Waals surface area contributed by atoms with Gasteiger partial charge in [-0.1, -0.05) is 20.8 Å². The standard InChI is InChI=1S/C11H21NO5S/c1-11(2,3)8(10(14)15)9(13)12(4)6-7-18(5,16)17/h8H,6-7H2,1-5H3,(H,14,15). The van der Waals surface area contributed by atoms with Crippen molar-refractivity contribution < 1.29 is 23.1 Å². The van der Waals surface area contributed by atoms with Crippen LogP contribution in [0.3, 0.4) is 0 Å². The summed E-state index contributed by atoms with van der Waals surface area (Å²) >= 11 is 0. The minimum atomic E-state index is -3.18. The number of hydrogen-bond donors (Lipinski definition) is 1. The van der Waals surface area contributed by atoms with Crippen LogP contribution in [0.1, 0.15) is 20.8 Å². The second kappa shape index (κ2) is 5.69. The van der Waals surface area contributed by atoms with Crippen molar-refractivity contribution >= 4 is 21.7 Å². The predicted molar refractivity (Wildman–Crippen MR) is 67.9 cm³/mol. The number of carboxylic acids is 1. The van der Waals surface area contributed by atoms with Gasteiger partial charge in [0.1, 0.15) is 15.8 Å². The molecule has 1 unspecified atom stereocenters. The Kier molecular flexibility index (Phi) is 5.34. The molecule has 0 saturated carbocycles. The highest BCUT2D eigenvalue weighted by Crippen LogP contribution is 2.27. The van der Waals surface area contributed by atoms with Crippen molar-refractivity contribution in [3.05, 3.63) is 0 Å². The fourth-order valence-electron chi connectivity index (χ4n) is 1.48. The van der Waals surface area contributed by atoms with Crippen LogP contribution in [0.4, 0.5) is 0 Å². The number of carboxylic acid groups (broad SMARTS) is 1. The quantitative estimate of drug-likeness (QED) is 0.728. The molecule has 18 heavy (non-hydrogen) atoms. The van der Waals surface area contributed by atoms with Gasteiger partial charge in [0.2, 0.25) is 5.91 Å². The number of aliphatic carboxylic acids is 1. The average Bonchev–Trinajstić information content (AvgIpc) is 2.09. The van der Waals surface area contributed by atoms with Crippen LogP contribution in [0.15, 0.2) is 0 Å². The highest BCUT2D eigenvalue weighted by Gasteiger charge is 2.39. The van der Waals surface area contributed by atoms with E-state index >= 15 is 0 Å². The molecular formula is C11H21NO5S. The molecule has 0 heterocycles. The summed E-state index contributed by atoms with van der Waals surface area (Å²) in [5.41, 5.74) is -0.720. The molecule has 1 atom stereocenters. The van der Waals surface area contributed by atoms with Gasteiger partial charge in [0, 0.05) is 19.8 Å². The topological polar surface area (TPSA) is 91.8 Å². The van der Waals surface area contributed by atoms with E-state index in [1.54, 1.807) is 20.8 Å². The Bertz CT molecular complexity index is 421. The zero-order chi connectivity index (χ0) is 14.7. The third-order valence-electron chi connectivity index (χ3n) is 2.53. The minimum absolute atomic E-state index is 0.00245. The molecule has 0 fully saturated rings. The maximum atomic E-state index is 12.0. The van der Waals surface area contributed by atoms with E-state index in [2.05, 4.69) is 0 Å². The summed E-state index contributed by atoms with van der Waals surface area (Å²) in [6, 6.07) is 0. The molecule has 106 valence electrons. The van der Waals surface area contributed by atoms with Gasteiger partial charge < -0.3 is 10.0 Å². The molecule has 0 aromatic carbocycles. The predicted octanol–water partition coefficient (Wildman–Crippen LogP) is 0.236. The van der Waals surface area contributed by atoms with Crippen LogP contribution in [0.5, 0.6) is 0 Å². The lowest BCUT2D eigenvalue weighted by Gasteiger charge is -2.29. The van der Waals surface area contributed by atoms with E-state index in [4.69, 9.17) is 5.11 Å². The lowest BCUT2D eigenvalue weighted by molar-refractivity contribution is -0.155. The summed E-state index contributed by atoms with van der Waals surface area (Å²) in [6.07, 6.45) is 1.07. The number of nitrogens with zero attached hydrogens (tertiary/aromatic N) is 1. The monoisotopic (exact) mass is 279 g/mol. The first-order chi connectivity index (χ1) is 7.86. The van der Waals surface area contributed by atoms with Crippen LogP contribution in [-0.4, -0.2) is 55.9 Å². The second-order valence-corrected chi connectivity index (χ2v) is 7.79. The van der Waals surface area contributed by atoms with Crippen molar-refractivity contribution in [2.24, 2.45) is 11.3 Å². The fraction of sp³-hybridized carbons (Fsp3) is 0.818. The largest absolute Gasteiger partial charge is 0.481 e. The normalized spacial score (nSPS) is 14.1. The molecule has 0 aromatic rings. The lowest BCUT2D eigenvalue weighted by Crippen LogP contribution is -2.44. The van der Waals surface area contributed by atoms with Crippen LogP contribution in [0.2, 0.25) is 0 Å². The SMILES string of the molecule is CN(CCS(C)(=O)=O)C(=O)C(C(=O)O)C(C)(C)C. The van der Waals surface area contributed by atoms with E-state index in [9.17, 15) is 18.0 Å². The van der Waals surface area contributed by atoms with E-state index in [1.807, 2.05) is 0 Å². The third kappa shape index (κ3) is 5.48. The lowest BCUT2D eigenvalue weighted by atomic mass is 9.80. The number of carbonyl (C=O) groups excluding carboxylic acids is 1. The average molecular weight is 279 g/mol.